The zero-order valence-corrected chi connectivity index (χ0v) is 11.3. The zero-order chi connectivity index (χ0) is 15.3. The number of rotatable bonds is 5. The van der Waals surface area contributed by atoms with Crippen LogP contribution in [0.5, 0.6) is 11.6 Å². The van der Waals surface area contributed by atoms with Crippen LogP contribution in [0, 0.1) is 0 Å². The lowest BCUT2D eigenvalue weighted by molar-refractivity contribution is -0.276. The molecule has 0 unspecified atom stereocenters. The van der Waals surface area contributed by atoms with Crippen molar-refractivity contribution < 1.29 is 32.2 Å². The average Bonchev–Trinajstić information content (AvgIpc) is 2.35. The highest BCUT2D eigenvalue weighted by Gasteiger charge is 2.33. The molecule has 0 aliphatic heterocycles. The molecule has 0 saturated carbocycles. The number of aromatic nitrogens is 1. The highest BCUT2D eigenvalue weighted by molar-refractivity contribution is 6.17. The Kier molecular flexibility index (Phi) is 5.43. The number of carbonyl (C=O) groups is 1. The van der Waals surface area contributed by atoms with Crippen LogP contribution in [-0.4, -0.2) is 31.0 Å². The van der Waals surface area contributed by atoms with Crippen molar-refractivity contribution in [3.8, 4) is 11.6 Å². The lowest BCUT2D eigenvalue weighted by Crippen LogP contribution is -2.19. The first-order valence-corrected chi connectivity index (χ1v) is 5.92. The van der Waals surface area contributed by atoms with E-state index in [-0.39, 0.29) is 29.5 Å². The normalized spacial score (nSPS) is 11.1. The Morgan fingerprint density at radius 1 is 1.45 bits per heavy atom. The van der Waals surface area contributed by atoms with Gasteiger partial charge in [0.25, 0.3) is 0 Å². The second-order valence-electron chi connectivity index (χ2n) is 3.39. The summed E-state index contributed by atoms with van der Waals surface area (Å²) in [5, 5.41) is 0. The molecule has 0 aliphatic carbocycles. The number of hydrogen-bond donors (Lipinski definition) is 0. The van der Waals surface area contributed by atoms with Gasteiger partial charge in [0, 0.05) is 6.07 Å². The first-order valence-electron chi connectivity index (χ1n) is 5.39. The minimum absolute atomic E-state index is 0.0878. The standard InChI is InChI=1S/C11H11ClF3NO4/c1-3-19-10(17)9-6(5-12)16-8(4-7(9)18-2)20-11(13,14)15/h4H,3,5H2,1-2H3. The third kappa shape index (κ3) is 4.16. The number of methoxy groups -OCH3 is 1. The molecule has 0 fully saturated rings. The third-order valence-electron chi connectivity index (χ3n) is 2.08. The van der Waals surface area contributed by atoms with Crippen LogP contribution < -0.4 is 9.47 Å². The fraction of sp³-hybridized carbons (Fsp3) is 0.455. The smallest absolute Gasteiger partial charge is 0.496 e. The minimum atomic E-state index is -4.91. The fourth-order valence-corrected chi connectivity index (χ4v) is 1.59. The summed E-state index contributed by atoms with van der Waals surface area (Å²) < 4.78 is 49.8. The van der Waals surface area contributed by atoms with Gasteiger partial charge in [-0.25, -0.2) is 9.78 Å². The highest BCUT2D eigenvalue weighted by Crippen LogP contribution is 2.30. The topological polar surface area (TPSA) is 57.7 Å². The summed E-state index contributed by atoms with van der Waals surface area (Å²) in [5.74, 6) is -2.02. The lowest BCUT2D eigenvalue weighted by atomic mass is 10.2. The molecule has 1 rings (SSSR count). The predicted octanol–water partition coefficient (Wildman–Crippen LogP) is 2.90. The van der Waals surface area contributed by atoms with Gasteiger partial charge in [-0.2, -0.15) is 0 Å². The summed E-state index contributed by atoms with van der Waals surface area (Å²) in [4.78, 5) is 15.3. The van der Waals surface area contributed by atoms with Crippen LogP contribution in [0.15, 0.2) is 6.07 Å². The van der Waals surface area contributed by atoms with Crippen LogP contribution in [0.3, 0.4) is 0 Å². The molecule has 0 atom stereocenters. The number of nitrogens with zero attached hydrogens (tertiary/aromatic N) is 1. The van der Waals surface area contributed by atoms with Gasteiger partial charge in [-0.15, -0.1) is 24.8 Å². The van der Waals surface area contributed by atoms with Crippen molar-refractivity contribution in [3.05, 3.63) is 17.3 Å². The van der Waals surface area contributed by atoms with E-state index in [1.54, 1.807) is 6.92 Å². The number of halogens is 4. The van der Waals surface area contributed by atoms with E-state index >= 15 is 0 Å². The molecule has 0 radical (unpaired) electrons. The molecule has 112 valence electrons. The highest BCUT2D eigenvalue weighted by atomic mass is 35.5. The quantitative estimate of drug-likeness (QED) is 0.618. The molecule has 5 nitrogen and oxygen atoms in total. The molecular formula is C11H11ClF3NO4. The molecule has 9 heteroatoms. The van der Waals surface area contributed by atoms with Gasteiger partial charge in [0.2, 0.25) is 5.88 Å². The molecule has 0 N–H and O–H groups in total. The van der Waals surface area contributed by atoms with Crippen molar-refractivity contribution in [1.82, 2.24) is 4.98 Å². The van der Waals surface area contributed by atoms with E-state index in [9.17, 15) is 18.0 Å². The fourth-order valence-electron chi connectivity index (χ4n) is 1.40. The molecule has 1 aromatic heterocycles. The number of pyridine rings is 1. The van der Waals surface area contributed by atoms with Gasteiger partial charge in [0.05, 0.1) is 25.3 Å². The molecule has 0 aromatic carbocycles. The first-order chi connectivity index (χ1) is 9.32. The van der Waals surface area contributed by atoms with Gasteiger partial charge in [-0.3, -0.25) is 0 Å². The van der Waals surface area contributed by atoms with E-state index in [0.717, 1.165) is 6.07 Å². The van der Waals surface area contributed by atoms with Crippen molar-refractivity contribution in [2.75, 3.05) is 13.7 Å². The number of ether oxygens (including phenoxy) is 3. The number of alkyl halides is 4. The van der Waals surface area contributed by atoms with E-state index in [0.29, 0.717) is 0 Å². The van der Waals surface area contributed by atoms with Crippen LogP contribution in [0.4, 0.5) is 13.2 Å². The lowest BCUT2D eigenvalue weighted by Gasteiger charge is -2.14. The molecule has 0 bridgehead atoms. The van der Waals surface area contributed by atoms with E-state index in [1.807, 2.05) is 0 Å². The largest absolute Gasteiger partial charge is 0.574 e. The third-order valence-corrected chi connectivity index (χ3v) is 2.33. The maximum atomic E-state index is 12.2. The number of esters is 1. The summed E-state index contributed by atoms with van der Waals surface area (Å²) >= 11 is 5.59. The summed E-state index contributed by atoms with van der Waals surface area (Å²) in [5.41, 5.74) is -0.248. The van der Waals surface area contributed by atoms with Crippen molar-refractivity contribution in [2.45, 2.75) is 19.2 Å². The molecular weight excluding hydrogens is 303 g/mol. The van der Waals surface area contributed by atoms with Gasteiger partial charge in [0.15, 0.2) is 0 Å². The van der Waals surface area contributed by atoms with Gasteiger partial charge in [-0.1, -0.05) is 0 Å². The SMILES string of the molecule is CCOC(=O)c1c(OC)cc(OC(F)(F)F)nc1CCl. The second-order valence-corrected chi connectivity index (χ2v) is 3.65. The molecule has 0 aliphatic rings. The van der Waals surface area contributed by atoms with Crippen LogP contribution in [0.1, 0.15) is 23.0 Å². The van der Waals surface area contributed by atoms with Crippen LogP contribution >= 0.6 is 11.6 Å². The molecule has 0 amide bonds. The van der Waals surface area contributed by atoms with Crippen LogP contribution in [0.25, 0.3) is 0 Å². The van der Waals surface area contributed by atoms with E-state index in [1.165, 1.54) is 7.11 Å². The van der Waals surface area contributed by atoms with Crippen molar-refractivity contribution in [3.63, 3.8) is 0 Å². The zero-order valence-electron chi connectivity index (χ0n) is 10.6. The molecule has 1 aromatic rings. The average molecular weight is 314 g/mol. The monoisotopic (exact) mass is 313 g/mol. The maximum absolute atomic E-state index is 12.2. The summed E-state index contributed by atoms with van der Waals surface area (Å²) in [7, 11) is 1.19. The molecule has 1 heterocycles. The van der Waals surface area contributed by atoms with Gasteiger partial charge in [0.1, 0.15) is 11.3 Å². The summed E-state index contributed by atoms with van der Waals surface area (Å²) in [6, 6.07) is 0.843. The van der Waals surface area contributed by atoms with Gasteiger partial charge >= 0.3 is 12.3 Å². The molecule has 0 saturated heterocycles. The first kappa shape index (κ1) is 16.4. The Balaban J connectivity index is 3.28. The van der Waals surface area contributed by atoms with Crippen molar-refractivity contribution in [1.29, 1.82) is 0 Å². The minimum Gasteiger partial charge on any atom is -0.496 e. The number of carbonyl (C=O) groups excluding carboxylic acids is 1. The Bertz CT molecular complexity index is 468. The van der Waals surface area contributed by atoms with Gasteiger partial charge in [-0.05, 0) is 6.92 Å². The van der Waals surface area contributed by atoms with Gasteiger partial charge < -0.3 is 14.2 Å². The molecule has 20 heavy (non-hydrogen) atoms. The van der Waals surface area contributed by atoms with E-state index in [2.05, 4.69) is 9.72 Å². The predicted molar refractivity (Wildman–Crippen MR) is 63.0 cm³/mol. The summed E-state index contributed by atoms with van der Waals surface area (Å²) in [6.07, 6.45) is -4.91. The Morgan fingerprint density at radius 2 is 2.10 bits per heavy atom. The van der Waals surface area contributed by atoms with Crippen molar-refractivity contribution in [2.24, 2.45) is 0 Å². The van der Waals surface area contributed by atoms with Crippen LogP contribution in [0.2, 0.25) is 0 Å². The Morgan fingerprint density at radius 3 is 2.55 bits per heavy atom. The van der Waals surface area contributed by atoms with Crippen LogP contribution in [-0.2, 0) is 10.6 Å². The second kappa shape index (κ2) is 6.65. The molecule has 0 spiro atoms. The van der Waals surface area contributed by atoms with E-state index < -0.39 is 18.2 Å². The van der Waals surface area contributed by atoms with E-state index in [4.69, 9.17) is 21.1 Å². The maximum Gasteiger partial charge on any atom is 0.574 e. The number of hydrogen-bond acceptors (Lipinski definition) is 5. The Hall–Kier alpha value is -1.70. The Labute approximate surface area is 117 Å². The summed E-state index contributed by atoms with van der Waals surface area (Å²) in [6.45, 7) is 1.67. The van der Waals surface area contributed by atoms with Crippen molar-refractivity contribution >= 4 is 17.6 Å².